The molecule has 1 rings (SSSR count). The van der Waals surface area contributed by atoms with Crippen LogP contribution in [0.4, 0.5) is 18.9 Å². The van der Waals surface area contributed by atoms with Crippen LogP contribution < -0.4 is 5.32 Å². The second-order valence-corrected chi connectivity index (χ2v) is 5.24. The molecule has 0 saturated carbocycles. The highest BCUT2D eigenvalue weighted by Crippen LogP contribution is 2.34. The van der Waals surface area contributed by atoms with E-state index in [2.05, 4.69) is 11.2 Å². The molecular weight excluding hydrogens is 267 g/mol. The van der Waals surface area contributed by atoms with Crippen LogP contribution >= 0.6 is 0 Å². The Balaban J connectivity index is 3.15. The van der Waals surface area contributed by atoms with Crippen molar-refractivity contribution in [3.05, 3.63) is 24.3 Å². The van der Waals surface area contributed by atoms with Gasteiger partial charge in [-0.15, -0.1) is 12.3 Å². The summed E-state index contributed by atoms with van der Waals surface area (Å²) < 4.78 is 59.9. The predicted octanol–water partition coefficient (Wildman–Crippen LogP) is 2.42. The molecule has 0 atom stereocenters. The van der Waals surface area contributed by atoms with Crippen LogP contribution in [0, 0.1) is 12.3 Å². The molecule has 18 heavy (non-hydrogen) atoms. The van der Waals surface area contributed by atoms with Crippen molar-refractivity contribution in [1.82, 2.24) is 0 Å². The smallest absolute Gasteiger partial charge is 0.383 e. The van der Waals surface area contributed by atoms with Gasteiger partial charge in [-0.2, -0.15) is 13.2 Å². The summed E-state index contributed by atoms with van der Waals surface area (Å²) in [6.07, 6.45) is 5.28. The largest absolute Gasteiger partial charge is 0.501 e. The van der Waals surface area contributed by atoms with E-state index in [0.29, 0.717) is 0 Å². The van der Waals surface area contributed by atoms with Crippen molar-refractivity contribution >= 4 is 15.5 Å². The lowest BCUT2D eigenvalue weighted by Crippen LogP contribution is -2.24. The van der Waals surface area contributed by atoms with Gasteiger partial charge in [-0.05, 0) is 12.1 Å². The molecule has 7 heteroatoms. The second-order valence-electron chi connectivity index (χ2n) is 3.33. The monoisotopic (exact) mass is 277 g/mol. The molecule has 3 nitrogen and oxygen atoms in total. The maximum atomic E-state index is 12.4. The van der Waals surface area contributed by atoms with Crippen molar-refractivity contribution in [1.29, 1.82) is 0 Å². The average molecular weight is 277 g/mol. The topological polar surface area (TPSA) is 46.2 Å². The Kier molecular flexibility index (Phi) is 4.24. The predicted molar refractivity (Wildman–Crippen MR) is 61.6 cm³/mol. The Labute approximate surface area is 103 Å². The standard InChI is InChI=1S/C11H10F3NO2S/c1-2-3-8-15-9-6-4-5-7-10(9)18(16,17)11(12,13)14/h1,4-7,15H,3,8H2. The van der Waals surface area contributed by atoms with Gasteiger partial charge in [0.15, 0.2) is 0 Å². The maximum Gasteiger partial charge on any atom is 0.501 e. The van der Waals surface area contributed by atoms with E-state index in [1.165, 1.54) is 18.2 Å². The summed E-state index contributed by atoms with van der Waals surface area (Å²) in [6, 6.07) is 4.83. The molecule has 0 amide bonds. The van der Waals surface area contributed by atoms with Crippen LogP contribution in [0.25, 0.3) is 0 Å². The van der Waals surface area contributed by atoms with Gasteiger partial charge in [-0.1, -0.05) is 12.1 Å². The molecule has 0 unspecified atom stereocenters. The molecule has 0 spiro atoms. The minimum Gasteiger partial charge on any atom is -0.383 e. The molecular formula is C11H10F3NO2S. The molecule has 1 N–H and O–H groups in total. The number of anilines is 1. The molecule has 1 aromatic rings. The van der Waals surface area contributed by atoms with Gasteiger partial charge < -0.3 is 5.32 Å². The Morgan fingerprint density at radius 2 is 1.89 bits per heavy atom. The van der Waals surface area contributed by atoms with Crippen LogP contribution in [0.2, 0.25) is 0 Å². The molecule has 0 aliphatic rings. The van der Waals surface area contributed by atoms with Crippen molar-refractivity contribution in [2.75, 3.05) is 11.9 Å². The van der Waals surface area contributed by atoms with Crippen molar-refractivity contribution in [3.8, 4) is 12.3 Å². The van der Waals surface area contributed by atoms with Gasteiger partial charge in [0.25, 0.3) is 9.84 Å². The van der Waals surface area contributed by atoms with Gasteiger partial charge in [0, 0.05) is 13.0 Å². The zero-order chi connectivity index (χ0) is 13.8. The lowest BCUT2D eigenvalue weighted by atomic mass is 10.3. The quantitative estimate of drug-likeness (QED) is 0.679. The lowest BCUT2D eigenvalue weighted by molar-refractivity contribution is -0.0435. The number of hydrogen-bond acceptors (Lipinski definition) is 3. The summed E-state index contributed by atoms with van der Waals surface area (Å²) >= 11 is 0. The molecule has 0 saturated heterocycles. The fraction of sp³-hybridized carbons (Fsp3) is 0.273. The van der Waals surface area contributed by atoms with E-state index in [4.69, 9.17) is 6.42 Å². The minimum atomic E-state index is -5.36. The summed E-state index contributed by atoms with van der Waals surface area (Å²) in [5, 5.41) is 2.57. The fourth-order valence-electron chi connectivity index (χ4n) is 1.24. The second kappa shape index (κ2) is 5.31. The van der Waals surface area contributed by atoms with Gasteiger partial charge in [0.05, 0.1) is 10.6 Å². The molecule has 0 heterocycles. The van der Waals surface area contributed by atoms with Crippen LogP contribution in [0.15, 0.2) is 29.2 Å². The lowest BCUT2D eigenvalue weighted by Gasteiger charge is -2.13. The number of benzene rings is 1. The third kappa shape index (κ3) is 2.96. The number of para-hydroxylation sites is 1. The third-order valence-electron chi connectivity index (χ3n) is 2.07. The van der Waals surface area contributed by atoms with E-state index in [1.54, 1.807) is 0 Å². The van der Waals surface area contributed by atoms with Crippen LogP contribution in [0.1, 0.15) is 6.42 Å². The van der Waals surface area contributed by atoms with Crippen LogP contribution in [-0.2, 0) is 9.84 Å². The number of terminal acetylenes is 1. The van der Waals surface area contributed by atoms with Crippen molar-refractivity contribution < 1.29 is 21.6 Å². The molecule has 98 valence electrons. The summed E-state index contributed by atoms with van der Waals surface area (Å²) in [5.41, 5.74) is -5.43. The minimum absolute atomic E-state index is 0.106. The van der Waals surface area contributed by atoms with Gasteiger partial charge >= 0.3 is 5.51 Å². The summed E-state index contributed by atoms with van der Waals surface area (Å²) in [7, 11) is -5.36. The zero-order valence-electron chi connectivity index (χ0n) is 9.16. The first kappa shape index (κ1) is 14.4. The van der Waals surface area contributed by atoms with Crippen molar-refractivity contribution in [2.45, 2.75) is 16.8 Å². The summed E-state index contributed by atoms with van der Waals surface area (Å²) in [5.74, 6) is 2.29. The first-order chi connectivity index (χ1) is 8.30. The summed E-state index contributed by atoms with van der Waals surface area (Å²) in [4.78, 5) is -0.797. The first-order valence-corrected chi connectivity index (χ1v) is 6.36. The number of sulfone groups is 1. The van der Waals surface area contributed by atoms with Crippen molar-refractivity contribution in [2.24, 2.45) is 0 Å². The average Bonchev–Trinajstić information content (AvgIpc) is 2.28. The van der Waals surface area contributed by atoms with Gasteiger partial charge in [-0.25, -0.2) is 8.42 Å². The van der Waals surface area contributed by atoms with E-state index < -0.39 is 20.2 Å². The number of halogens is 3. The number of hydrogen-bond donors (Lipinski definition) is 1. The molecule has 0 bridgehead atoms. The normalized spacial score (nSPS) is 11.9. The number of nitrogens with one attached hydrogen (secondary N) is 1. The van der Waals surface area contributed by atoms with Crippen LogP contribution in [0.5, 0.6) is 0 Å². The van der Waals surface area contributed by atoms with Gasteiger partial charge in [0.1, 0.15) is 0 Å². The fourth-order valence-corrected chi connectivity index (χ4v) is 2.18. The van der Waals surface area contributed by atoms with E-state index in [9.17, 15) is 21.6 Å². The molecule has 0 fully saturated rings. The van der Waals surface area contributed by atoms with Gasteiger partial charge in [0.2, 0.25) is 0 Å². The first-order valence-electron chi connectivity index (χ1n) is 4.88. The molecule has 0 aliphatic carbocycles. The van der Waals surface area contributed by atoms with E-state index in [-0.39, 0.29) is 18.7 Å². The summed E-state index contributed by atoms with van der Waals surface area (Å²) in [6.45, 7) is 0.195. The zero-order valence-corrected chi connectivity index (χ0v) is 9.98. The van der Waals surface area contributed by atoms with E-state index in [1.807, 2.05) is 0 Å². The molecule has 1 aromatic carbocycles. The third-order valence-corrected chi connectivity index (χ3v) is 3.61. The number of alkyl halides is 3. The maximum absolute atomic E-state index is 12.4. The highest BCUT2D eigenvalue weighted by atomic mass is 32.2. The Morgan fingerprint density at radius 1 is 1.28 bits per heavy atom. The van der Waals surface area contributed by atoms with Crippen LogP contribution in [0.3, 0.4) is 0 Å². The Hall–Kier alpha value is -1.68. The number of rotatable bonds is 4. The highest BCUT2D eigenvalue weighted by molar-refractivity contribution is 7.92. The Bertz CT molecular complexity index is 558. The van der Waals surface area contributed by atoms with E-state index in [0.717, 1.165) is 6.07 Å². The molecule has 0 aromatic heterocycles. The Morgan fingerprint density at radius 3 is 2.44 bits per heavy atom. The van der Waals surface area contributed by atoms with Crippen molar-refractivity contribution in [3.63, 3.8) is 0 Å². The van der Waals surface area contributed by atoms with Crippen LogP contribution in [-0.4, -0.2) is 20.5 Å². The highest BCUT2D eigenvalue weighted by Gasteiger charge is 2.47. The van der Waals surface area contributed by atoms with E-state index >= 15 is 0 Å². The molecule has 0 aliphatic heterocycles. The van der Waals surface area contributed by atoms with Gasteiger partial charge in [-0.3, -0.25) is 0 Å². The SMILES string of the molecule is C#CCCNc1ccccc1S(=O)(=O)C(F)(F)F. The molecule has 0 radical (unpaired) electrons.